The summed E-state index contributed by atoms with van der Waals surface area (Å²) < 4.78 is 2.47. The lowest BCUT2D eigenvalue weighted by Crippen LogP contribution is -2.36. The lowest BCUT2D eigenvalue weighted by Gasteiger charge is -2.08. The first-order valence-corrected chi connectivity index (χ1v) is 5.44. The molecule has 1 aromatic heterocycles. The van der Waals surface area contributed by atoms with E-state index in [1.54, 1.807) is 18.2 Å². The first kappa shape index (κ1) is 11.7. The van der Waals surface area contributed by atoms with E-state index in [9.17, 15) is 9.59 Å². The molecule has 1 heterocycles. The van der Waals surface area contributed by atoms with Gasteiger partial charge in [0.15, 0.2) is 0 Å². The Bertz CT molecular complexity index is 686. The van der Waals surface area contributed by atoms with E-state index in [0.717, 1.165) is 10.1 Å². The van der Waals surface area contributed by atoms with E-state index in [0.29, 0.717) is 10.7 Å². The molecule has 5 heteroatoms. The number of benzene rings is 1. The van der Waals surface area contributed by atoms with Crippen molar-refractivity contribution in [1.82, 2.24) is 9.13 Å². The fourth-order valence-electron chi connectivity index (χ4n) is 1.54. The van der Waals surface area contributed by atoms with Crippen LogP contribution in [0.5, 0.6) is 0 Å². The molecule has 0 atom stereocenters. The third-order valence-electron chi connectivity index (χ3n) is 2.61. The summed E-state index contributed by atoms with van der Waals surface area (Å²) in [6, 6.07) is 6.62. The predicted octanol–water partition coefficient (Wildman–Crippen LogP) is 1.50. The van der Waals surface area contributed by atoms with E-state index in [-0.39, 0.29) is 11.2 Å². The van der Waals surface area contributed by atoms with Crippen LogP contribution in [0.4, 0.5) is 0 Å². The molecule has 88 valence electrons. The monoisotopic (exact) mass is 250 g/mol. The number of rotatable bonds is 1. The highest BCUT2D eigenvalue weighted by Crippen LogP contribution is 2.17. The van der Waals surface area contributed by atoms with Crippen LogP contribution in [0.1, 0.15) is 5.56 Å². The van der Waals surface area contributed by atoms with Crippen molar-refractivity contribution >= 4 is 11.6 Å². The molecular formula is C12H11ClN2O2. The minimum atomic E-state index is -0.376. The smallest absolute Gasteiger partial charge is 0.269 e. The van der Waals surface area contributed by atoms with Crippen LogP contribution >= 0.6 is 11.6 Å². The average molecular weight is 251 g/mol. The zero-order valence-corrected chi connectivity index (χ0v) is 10.2. The molecule has 0 fully saturated rings. The first-order valence-electron chi connectivity index (χ1n) is 5.06. The van der Waals surface area contributed by atoms with Crippen LogP contribution in [0.3, 0.4) is 0 Å². The minimum absolute atomic E-state index is 0.322. The number of hydrogen-bond acceptors (Lipinski definition) is 2. The summed E-state index contributed by atoms with van der Waals surface area (Å²) in [7, 11) is 1.45. The quantitative estimate of drug-likeness (QED) is 0.770. The van der Waals surface area contributed by atoms with Crippen molar-refractivity contribution < 1.29 is 0 Å². The Kier molecular flexibility index (Phi) is 2.90. The maximum Gasteiger partial charge on any atom is 0.335 e. The molecule has 17 heavy (non-hydrogen) atoms. The third-order valence-corrected chi connectivity index (χ3v) is 3.03. The summed E-state index contributed by atoms with van der Waals surface area (Å²) in [4.78, 5) is 23.2. The van der Waals surface area contributed by atoms with Crippen LogP contribution < -0.4 is 11.2 Å². The molecular weight excluding hydrogens is 240 g/mol. The second-order valence-electron chi connectivity index (χ2n) is 3.80. The van der Waals surface area contributed by atoms with Crippen LogP contribution in [0.15, 0.2) is 40.1 Å². The molecule has 1 aromatic carbocycles. The Labute approximate surface area is 103 Å². The van der Waals surface area contributed by atoms with Crippen molar-refractivity contribution in [2.75, 3.05) is 0 Å². The maximum atomic E-state index is 11.9. The molecule has 0 amide bonds. The Hall–Kier alpha value is -1.81. The predicted molar refractivity (Wildman–Crippen MR) is 67.0 cm³/mol. The molecule has 0 saturated carbocycles. The van der Waals surface area contributed by atoms with Gasteiger partial charge in [0.1, 0.15) is 0 Å². The van der Waals surface area contributed by atoms with Crippen LogP contribution in [0.2, 0.25) is 5.02 Å². The number of aryl methyl sites for hydroxylation is 1. The van der Waals surface area contributed by atoms with Crippen LogP contribution in [0.25, 0.3) is 5.69 Å². The molecule has 0 radical (unpaired) electrons. The molecule has 0 unspecified atom stereocenters. The van der Waals surface area contributed by atoms with Crippen molar-refractivity contribution in [2.45, 2.75) is 6.92 Å². The second-order valence-corrected chi connectivity index (χ2v) is 4.21. The van der Waals surface area contributed by atoms with E-state index in [1.807, 2.05) is 6.92 Å². The second kappa shape index (κ2) is 4.22. The van der Waals surface area contributed by atoms with E-state index in [4.69, 9.17) is 11.6 Å². The Morgan fingerprint density at radius 2 is 1.88 bits per heavy atom. The topological polar surface area (TPSA) is 44.0 Å². The van der Waals surface area contributed by atoms with Crippen LogP contribution in [-0.2, 0) is 7.05 Å². The Balaban J connectivity index is 2.69. The molecule has 0 aliphatic heterocycles. The van der Waals surface area contributed by atoms with Crippen molar-refractivity contribution in [3.05, 3.63) is 61.9 Å². The fraction of sp³-hybridized carbons (Fsp3) is 0.167. The first-order chi connectivity index (χ1) is 8.00. The van der Waals surface area contributed by atoms with Gasteiger partial charge in [-0.2, -0.15) is 0 Å². The molecule has 0 bridgehead atoms. The van der Waals surface area contributed by atoms with Gasteiger partial charge in [-0.1, -0.05) is 11.6 Å². The van der Waals surface area contributed by atoms with Crippen LogP contribution in [-0.4, -0.2) is 9.13 Å². The van der Waals surface area contributed by atoms with Crippen molar-refractivity contribution in [1.29, 1.82) is 0 Å². The van der Waals surface area contributed by atoms with E-state index >= 15 is 0 Å². The minimum Gasteiger partial charge on any atom is -0.269 e. The normalized spacial score (nSPS) is 10.5. The summed E-state index contributed by atoms with van der Waals surface area (Å²) in [5, 5.41) is 0.645. The SMILES string of the molecule is Cc1cc(-n2ccc(=O)n(C)c2=O)ccc1Cl. The summed E-state index contributed by atoms with van der Waals surface area (Å²) in [5.74, 6) is 0. The van der Waals surface area contributed by atoms with Gasteiger partial charge in [-0.05, 0) is 30.7 Å². The number of nitrogens with zero attached hydrogens (tertiary/aromatic N) is 2. The zero-order chi connectivity index (χ0) is 12.6. The van der Waals surface area contributed by atoms with Gasteiger partial charge in [-0.15, -0.1) is 0 Å². The largest absolute Gasteiger partial charge is 0.335 e. The molecule has 0 spiro atoms. The highest BCUT2D eigenvalue weighted by Gasteiger charge is 2.04. The summed E-state index contributed by atoms with van der Waals surface area (Å²) in [6.07, 6.45) is 1.47. The Morgan fingerprint density at radius 3 is 2.53 bits per heavy atom. The third kappa shape index (κ3) is 2.03. The zero-order valence-electron chi connectivity index (χ0n) is 9.48. The standard InChI is InChI=1S/C12H11ClN2O2/c1-8-7-9(3-4-10(8)13)15-6-5-11(16)14(2)12(15)17/h3-7H,1-2H3. The van der Waals surface area contributed by atoms with Crippen molar-refractivity contribution in [3.63, 3.8) is 0 Å². The molecule has 0 N–H and O–H groups in total. The van der Waals surface area contributed by atoms with Gasteiger partial charge in [-0.3, -0.25) is 13.9 Å². The molecule has 2 aromatic rings. The molecule has 0 saturated heterocycles. The van der Waals surface area contributed by atoms with Gasteiger partial charge in [0.05, 0.1) is 5.69 Å². The fourth-order valence-corrected chi connectivity index (χ4v) is 1.66. The molecule has 0 aliphatic carbocycles. The number of hydrogen-bond donors (Lipinski definition) is 0. The van der Waals surface area contributed by atoms with Gasteiger partial charge >= 0.3 is 5.69 Å². The van der Waals surface area contributed by atoms with Crippen molar-refractivity contribution in [3.8, 4) is 5.69 Å². The molecule has 4 nitrogen and oxygen atoms in total. The lowest BCUT2D eigenvalue weighted by molar-refractivity contribution is 0.728. The van der Waals surface area contributed by atoms with E-state index in [2.05, 4.69) is 0 Å². The Morgan fingerprint density at radius 1 is 1.18 bits per heavy atom. The van der Waals surface area contributed by atoms with E-state index < -0.39 is 0 Å². The average Bonchev–Trinajstić information content (AvgIpc) is 2.30. The van der Waals surface area contributed by atoms with E-state index in [1.165, 1.54) is 23.9 Å². The number of halogens is 1. The molecule has 0 aliphatic rings. The van der Waals surface area contributed by atoms with Crippen LogP contribution in [0, 0.1) is 6.92 Å². The van der Waals surface area contributed by atoms with Crippen molar-refractivity contribution in [2.24, 2.45) is 7.05 Å². The lowest BCUT2D eigenvalue weighted by atomic mass is 10.2. The maximum absolute atomic E-state index is 11.9. The summed E-state index contributed by atoms with van der Waals surface area (Å²) in [5.41, 5.74) is 0.869. The van der Waals surface area contributed by atoms with Gasteiger partial charge in [0.25, 0.3) is 5.56 Å². The molecule has 2 rings (SSSR count). The summed E-state index contributed by atoms with van der Waals surface area (Å²) >= 11 is 5.92. The number of aromatic nitrogens is 2. The summed E-state index contributed by atoms with van der Waals surface area (Å²) in [6.45, 7) is 1.86. The van der Waals surface area contributed by atoms with Gasteiger partial charge < -0.3 is 0 Å². The highest BCUT2D eigenvalue weighted by molar-refractivity contribution is 6.31. The van der Waals surface area contributed by atoms with Gasteiger partial charge in [0, 0.05) is 24.3 Å². The van der Waals surface area contributed by atoms with Gasteiger partial charge in [-0.25, -0.2) is 4.79 Å². The van der Waals surface area contributed by atoms with Gasteiger partial charge in [0.2, 0.25) is 0 Å². The highest BCUT2D eigenvalue weighted by atomic mass is 35.5.